The molecule has 1 saturated carbocycles. The molecule has 1 fully saturated rings. The van der Waals surface area contributed by atoms with Gasteiger partial charge in [-0.3, -0.25) is 14.2 Å². The Kier molecular flexibility index (Phi) is 7.51. The molecule has 1 aliphatic rings. The van der Waals surface area contributed by atoms with Crippen molar-refractivity contribution < 1.29 is 4.79 Å². The van der Waals surface area contributed by atoms with Gasteiger partial charge in [0.05, 0.1) is 22.7 Å². The van der Waals surface area contributed by atoms with Crippen molar-refractivity contribution in [2.75, 3.05) is 25.4 Å². The molecule has 0 unspecified atom stereocenters. The van der Waals surface area contributed by atoms with E-state index >= 15 is 0 Å². The van der Waals surface area contributed by atoms with Crippen molar-refractivity contribution in [3.63, 3.8) is 0 Å². The summed E-state index contributed by atoms with van der Waals surface area (Å²) in [5.74, 6) is -0.0689. The average Bonchev–Trinajstić information content (AvgIpc) is 3.23. The van der Waals surface area contributed by atoms with Crippen LogP contribution in [0.5, 0.6) is 0 Å². The monoisotopic (exact) mass is 427 g/mol. The van der Waals surface area contributed by atoms with Gasteiger partial charge in [0.25, 0.3) is 5.56 Å². The van der Waals surface area contributed by atoms with Gasteiger partial charge in [-0.1, -0.05) is 37.7 Å². The molecular formula is C22H29N5O2S. The van der Waals surface area contributed by atoms with Crippen LogP contribution in [0.25, 0.3) is 10.9 Å². The molecule has 0 aliphatic heterocycles. The number of likely N-dealkylation sites (N-methyl/N-ethyl adjacent to an activating group) is 1. The van der Waals surface area contributed by atoms with Gasteiger partial charge in [0.2, 0.25) is 5.91 Å². The highest BCUT2D eigenvalue weighted by atomic mass is 32.2. The maximum absolute atomic E-state index is 13.1. The minimum Gasteiger partial charge on any atom is -0.337 e. The Bertz CT molecular complexity index is 987. The number of amides is 1. The van der Waals surface area contributed by atoms with E-state index in [1.165, 1.54) is 11.8 Å². The highest BCUT2D eigenvalue weighted by Crippen LogP contribution is 2.29. The standard InChI is InChI=1S/C22H29N5O2S/c1-3-26(4-2)13-14-27-20(29)17-9-5-6-10-18(17)24-21(27)30-15-19(28)25-22(16-23)11-7-8-12-22/h5-6,9-10H,3-4,7-8,11-15H2,1-2H3,(H,25,28). The summed E-state index contributed by atoms with van der Waals surface area (Å²) in [7, 11) is 0. The molecule has 1 N–H and O–H groups in total. The van der Waals surface area contributed by atoms with E-state index < -0.39 is 5.54 Å². The Hall–Kier alpha value is -2.37. The van der Waals surface area contributed by atoms with Gasteiger partial charge < -0.3 is 10.2 Å². The zero-order valence-corrected chi connectivity index (χ0v) is 18.5. The predicted octanol–water partition coefficient (Wildman–Crippen LogP) is 2.78. The van der Waals surface area contributed by atoms with E-state index in [1.807, 2.05) is 18.2 Å². The summed E-state index contributed by atoms with van der Waals surface area (Å²) >= 11 is 1.26. The van der Waals surface area contributed by atoms with Gasteiger partial charge in [-0.25, -0.2) is 4.98 Å². The van der Waals surface area contributed by atoms with Gasteiger partial charge in [0.15, 0.2) is 5.16 Å². The molecule has 8 heteroatoms. The SMILES string of the molecule is CCN(CC)CCn1c(SCC(=O)NC2(C#N)CCCC2)nc2ccccc2c1=O. The van der Waals surface area contributed by atoms with Gasteiger partial charge in [-0.05, 0) is 50.9 Å². The van der Waals surface area contributed by atoms with Crippen molar-refractivity contribution in [1.82, 2.24) is 19.8 Å². The summed E-state index contributed by atoms with van der Waals surface area (Å²) in [6, 6.07) is 9.58. The Morgan fingerprint density at radius 3 is 2.67 bits per heavy atom. The van der Waals surface area contributed by atoms with Crippen LogP contribution in [0.15, 0.2) is 34.2 Å². The molecule has 0 radical (unpaired) electrons. The fraction of sp³-hybridized carbons (Fsp3) is 0.545. The zero-order chi connectivity index (χ0) is 21.6. The number of nitrogens with one attached hydrogen (secondary N) is 1. The number of rotatable bonds is 9. The molecule has 1 aromatic carbocycles. The molecule has 30 heavy (non-hydrogen) atoms. The number of hydrogen-bond donors (Lipinski definition) is 1. The first kappa shape index (κ1) is 22.3. The van der Waals surface area contributed by atoms with Crippen LogP contribution < -0.4 is 10.9 Å². The maximum Gasteiger partial charge on any atom is 0.262 e. The number of carbonyl (C=O) groups excluding carboxylic acids is 1. The van der Waals surface area contributed by atoms with Crippen molar-refractivity contribution >= 4 is 28.6 Å². The van der Waals surface area contributed by atoms with Crippen LogP contribution in [0, 0.1) is 11.3 Å². The molecule has 0 saturated heterocycles. The number of thioether (sulfide) groups is 1. The molecule has 7 nitrogen and oxygen atoms in total. The minimum atomic E-state index is -0.739. The average molecular weight is 428 g/mol. The molecule has 0 atom stereocenters. The van der Waals surface area contributed by atoms with Crippen molar-refractivity contribution in [1.29, 1.82) is 5.26 Å². The molecule has 1 aromatic heterocycles. The highest BCUT2D eigenvalue weighted by Gasteiger charge is 2.35. The number of nitrogens with zero attached hydrogens (tertiary/aromatic N) is 4. The summed E-state index contributed by atoms with van der Waals surface area (Å²) in [5.41, 5.74) is -0.189. The van der Waals surface area contributed by atoms with Gasteiger partial charge in [-0.15, -0.1) is 0 Å². The Balaban J connectivity index is 1.80. The first-order chi connectivity index (χ1) is 14.5. The molecule has 1 heterocycles. The Morgan fingerprint density at radius 1 is 1.30 bits per heavy atom. The third-order valence-corrected chi connectivity index (χ3v) is 6.72. The topological polar surface area (TPSA) is 91.0 Å². The van der Waals surface area contributed by atoms with Crippen LogP contribution in [0.3, 0.4) is 0 Å². The number of carbonyl (C=O) groups is 1. The Labute approximate surface area is 181 Å². The second kappa shape index (κ2) is 10.1. The van der Waals surface area contributed by atoms with Crippen LogP contribution in [0.1, 0.15) is 39.5 Å². The molecule has 1 aliphatic carbocycles. The normalized spacial score (nSPS) is 15.4. The second-order valence-corrected chi connectivity index (χ2v) is 8.58. The Morgan fingerprint density at radius 2 is 2.00 bits per heavy atom. The van der Waals surface area contributed by atoms with Gasteiger partial charge in [0, 0.05) is 13.1 Å². The van der Waals surface area contributed by atoms with E-state index in [2.05, 4.69) is 35.1 Å². The summed E-state index contributed by atoms with van der Waals surface area (Å²) < 4.78 is 1.67. The summed E-state index contributed by atoms with van der Waals surface area (Å²) in [4.78, 5) is 32.6. The van der Waals surface area contributed by atoms with Gasteiger partial charge >= 0.3 is 0 Å². The first-order valence-electron chi connectivity index (χ1n) is 10.6. The van der Waals surface area contributed by atoms with E-state index in [9.17, 15) is 14.9 Å². The molecule has 0 bridgehead atoms. The summed E-state index contributed by atoms with van der Waals surface area (Å²) in [6.45, 7) is 7.27. The lowest BCUT2D eigenvalue weighted by molar-refractivity contribution is -0.119. The number of para-hydroxylation sites is 1. The zero-order valence-electron chi connectivity index (χ0n) is 17.7. The molecule has 0 spiro atoms. The second-order valence-electron chi connectivity index (χ2n) is 7.63. The lowest BCUT2D eigenvalue weighted by atomic mass is 10.0. The van der Waals surface area contributed by atoms with E-state index in [4.69, 9.17) is 0 Å². The largest absolute Gasteiger partial charge is 0.337 e. The number of benzene rings is 1. The van der Waals surface area contributed by atoms with Crippen LogP contribution >= 0.6 is 11.8 Å². The first-order valence-corrected chi connectivity index (χ1v) is 11.6. The molecule has 160 valence electrons. The van der Waals surface area contributed by atoms with Crippen molar-refractivity contribution in [3.05, 3.63) is 34.6 Å². The van der Waals surface area contributed by atoms with E-state index in [0.717, 1.165) is 32.5 Å². The summed E-state index contributed by atoms with van der Waals surface area (Å²) in [6.07, 6.45) is 3.31. The highest BCUT2D eigenvalue weighted by molar-refractivity contribution is 7.99. The number of nitriles is 1. The third kappa shape index (κ3) is 5.02. The predicted molar refractivity (Wildman–Crippen MR) is 119 cm³/mol. The van der Waals surface area contributed by atoms with Crippen LogP contribution in [-0.2, 0) is 11.3 Å². The summed E-state index contributed by atoms with van der Waals surface area (Å²) in [5, 5.41) is 13.5. The van der Waals surface area contributed by atoms with Crippen LogP contribution in [-0.4, -0.2) is 51.3 Å². The number of fused-ring (bicyclic) bond motifs is 1. The minimum absolute atomic E-state index is 0.0834. The molecular weight excluding hydrogens is 398 g/mol. The lowest BCUT2D eigenvalue weighted by Crippen LogP contribution is -2.46. The molecule has 1 amide bonds. The van der Waals surface area contributed by atoms with E-state index in [0.29, 0.717) is 35.4 Å². The lowest BCUT2D eigenvalue weighted by Gasteiger charge is -2.22. The van der Waals surface area contributed by atoms with E-state index in [1.54, 1.807) is 10.6 Å². The smallest absolute Gasteiger partial charge is 0.262 e. The number of aromatic nitrogens is 2. The number of hydrogen-bond acceptors (Lipinski definition) is 6. The van der Waals surface area contributed by atoms with Crippen LogP contribution in [0.4, 0.5) is 0 Å². The van der Waals surface area contributed by atoms with Gasteiger partial charge in [-0.2, -0.15) is 5.26 Å². The van der Waals surface area contributed by atoms with Crippen molar-refractivity contribution in [3.8, 4) is 6.07 Å². The maximum atomic E-state index is 13.1. The fourth-order valence-corrected chi connectivity index (χ4v) is 4.74. The van der Waals surface area contributed by atoms with Crippen molar-refractivity contribution in [2.45, 2.75) is 56.8 Å². The van der Waals surface area contributed by atoms with Gasteiger partial charge in [0.1, 0.15) is 5.54 Å². The molecule has 3 rings (SSSR count). The van der Waals surface area contributed by atoms with Crippen LogP contribution in [0.2, 0.25) is 0 Å². The molecule has 2 aromatic rings. The van der Waals surface area contributed by atoms with E-state index in [-0.39, 0.29) is 17.2 Å². The third-order valence-electron chi connectivity index (χ3n) is 5.74. The van der Waals surface area contributed by atoms with Crippen molar-refractivity contribution in [2.24, 2.45) is 0 Å². The fourth-order valence-electron chi connectivity index (χ4n) is 3.91. The quantitative estimate of drug-likeness (QED) is 0.489.